The molecular weight excluding hydrogens is 559 g/mol. The number of piperidine rings is 1. The second-order valence-corrected chi connectivity index (χ2v) is 13.2. The van der Waals surface area contributed by atoms with Crippen LogP contribution in [-0.4, -0.2) is 70.2 Å². The van der Waals surface area contributed by atoms with Crippen LogP contribution in [0.1, 0.15) is 67.3 Å². The molecule has 11 heteroatoms. The summed E-state index contributed by atoms with van der Waals surface area (Å²) >= 11 is 0. The van der Waals surface area contributed by atoms with E-state index in [1.54, 1.807) is 6.07 Å². The number of halogens is 1. The SMILES string of the molecule is O=C1CCC(N2Cc3ccc(NCC4CC(n5cc(-c6ncc(F)cc6N6CCNCC6)c(C6CC6)n5)C4)cc3C2)C(=O)N1. The average Bonchev–Trinajstić information content (AvgIpc) is 3.62. The maximum atomic E-state index is 14.4. The zero-order chi connectivity index (χ0) is 29.8. The van der Waals surface area contributed by atoms with Crippen LogP contribution < -0.4 is 20.9 Å². The van der Waals surface area contributed by atoms with Gasteiger partial charge in [0.15, 0.2) is 0 Å². The number of anilines is 2. The van der Waals surface area contributed by atoms with Crippen molar-refractivity contribution < 1.29 is 14.0 Å². The maximum absolute atomic E-state index is 14.4. The van der Waals surface area contributed by atoms with Crippen LogP contribution in [-0.2, 0) is 22.7 Å². The van der Waals surface area contributed by atoms with Crippen molar-refractivity contribution in [1.82, 2.24) is 30.3 Å². The van der Waals surface area contributed by atoms with Gasteiger partial charge < -0.3 is 15.5 Å². The van der Waals surface area contributed by atoms with Crippen molar-refractivity contribution in [3.8, 4) is 11.3 Å². The Morgan fingerprint density at radius 2 is 1.84 bits per heavy atom. The number of amides is 2. The molecule has 1 aromatic carbocycles. The highest BCUT2D eigenvalue weighted by Gasteiger charge is 2.37. The zero-order valence-electron chi connectivity index (χ0n) is 24.9. The van der Waals surface area contributed by atoms with Gasteiger partial charge in [0.2, 0.25) is 11.8 Å². The molecular formula is C33H39FN8O2. The molecule has 2 saturated carbocycles. The van der Waals surface area contributed by atoms with Crippen LogP contribution in [0.3, 0.4) is 0 Å². The van der Waals surface area contributed by atoms with Gasteiger partial charge in [-0.25, -0.2) is 4.39 Å². The Hall–Kier alpha value is -3.83. The second-order valence-electron chi connectivity index (χ2n) is 13.2. The fourth-order valence-corrected chi connectivity index (χ4v) is 7.34. The number of piperazine rings is 1. The van der Waals surface area contributed by atoms with Gasteiger partial charge in [0, 0.05) is 81.7 Å². The predicted molar refractivity (Wildman–Crippen MR) is 165 cm³/mol. The summed E-state index contributed by atoms with van der Waals surface area (Å²) in [6.07, 6.45) is 8.93. The molecule has 230 valence electrons. The standard InChI is InChI=1S/C33H39FN8O2/c34-24-14-29(40-9-7-35-8-10-40)32(37-16-24)27-19-42(39-31(27)21-1-2-21)26-11-20(12-26)15-36-25-4-3-22-17-41(18-23(22)13-25)28-5-6-30(43)38-33(28)44/h3-4,13-14,16,19-21,26,28,35-36H,1-2,5-12,15,17-18H2,(H,38,43,44). The molecule has 2 aromatic heterocycles. The lowest BCUT2D eigenvalue weighted by Gasteiger charge is -2.35. The molecule has 5 heterocycles. The smallest absolute Gasteiger partial charge is 0.243 e. The van der Waals surface area contributed by atoms with Gasteiger partial charge in [-0.1, -0.05) is 6.07 Å². The molecule has 0 spiro atoms. The largest absolute Gasteiger partial charge is 0.385 e. The van der Waals surface area contributed by atoms with E-state index in [0.717, 1.165) is 99.8 Å². The van der Waals surface area contributed by atoms with Crippen LogP contribution >= 0.6 is 0 Å². The topological polar surface area (TPSA) is 107 Å². The van der Waals surface area contributed by atoms with Gasteiger partial charge in [-0.05, 0) is 61.3 Å². The van der Waals surface area contributed by atoms with E-state index in [0.29, 0.717) is 30.7 Å². The van der Waals surface area contributed by atoms with Gasteiger partial charge in [-0.2, -0.15) is 5.10 Å². The van der Waals surface area contributed by atoms with E-state index < -0.39 is 0 Å². The third kappa shape index (κ3) is 5.36. The fraction of sp³-hybridized carbons (Fsp3) is 0.515. The van der Waals surface area contributed by atoms with Gasteiger partial charge in [-0.3, -0.25) is 29.5 Å². The number of aromatic nitrogens is 3. The van der Waals surface area contributed by atoms with E-state index in [2.05, 4.69) is 59.8 Å². The first-order valence-corrected chi connectivity index (χ1v) is 16.1. The number of hydrogen-bond acceptors (Lipinski definition) is 8. The highest BCUT2D eigenvalue weighted by atomic mass is 19.1. The lowest BCUT2D eigenvalue weighted by atomic mass is 9.80. The first kappa shape index (κ1) is 27.7. The molecule has 2 amide bonds. The Kier molecular flexibility index (Phi) is 7.09. The first-order chi connectivity index (χ1) is 21.5. The molecule has 1 atom stereocenters. The van der Waals surface area contributed by atoms with Crippen molar-refractivity contribution in [2.45, 2.75) is 69.6 Å². The Morgan fingerprint density at radius 1 is 1.02 bits per heavy atom. The quantitative estimate of drug-likeness (QED) is 0.338. The highest BCUT2D eigenvalue weighted by molar-refractivity contribution is 6.00. The number of pyridine rings is 1. The van der Waals surface area contributed by atoms with Crippen molar-refractivity contribution >= 4 is 23.2 Å². The minimum absolute atomic E-state index is 0.172. The molecule has 3 aliphatic heterocycles. The molecule has 44 heavy (non-hydrogen) atoms. The maximum Gasteiger partial charge on any atom is 0.243 e. The number of benzene rings is 1. The van der Waals surface area contributed by atoms with Crippen LogP contribution in [0.5, 0.6) is 0 Å². The van der Waals surface area contributed by atoms with Gasteiger partial charge >= 0.3 is 0 Å². The Bertz CT molecular complexity index is 1590. The van der Waals surface area contributed by atoms with E-state index in [9.17, 15) is 14.0 Å². The Labute approximate surface area is 256 Å². The van der Waals surface area contributed by atoms with Crippen molar-refractivity contribution in [1.29, 1.82) is 0 Å². The summed E-state index contributed by atoms with van der Waals surface area (Å²) in [5, 5.41) is 14.6. The summed E-state index contributed by atoms with van der Waals surface area (Å²) in [7, 11) is 0. The second kappa shape index (κ2) is 11.3. The summed E-state index contributed by atoms with van der Waals surface area (Å²) in [5.74, 6) is 0.387. The summed E-state index contributed by atoms with van der Waals surface area (Å²) in [4.78, 5) is 33.0. The number of imide groups is 1. The van der Waals surface area contributed by atoms with Crippen LogP contribution in [0, 0.1) is 11.7 Å². The van der Waals surface area contributed by atoms with Crippen molar-refractivity contribution in [2.75, 3.05) is 42.9 Å². The number of nitrogens with one attached hydrogen (secondary N) is 3. The molecule has 8 rings (SSSR count). The molecule has 2 saturated heterocycles. The molecule has 0 radical (unpaired) electrons. The third-order valence-corrected chi connectivity index (χ3v) is 10.1. The van der Waals surface area contributed by atoms with Crippen LogP contribution in [0.2, 0.25) is 0 Å². The summed E-state index contributed by atoms with van der Waals surface area (Å²) in [5.41, 5.74) is 7.51. The molecule has 4 fully saturated rings. The van der Waals surface area contributed by atoms with Crippen LogP contribution in [0.4, 0.5) is 15.8 Å². The summed E-state index contributed by atoms with van der Waals surface area (Å²) in [6, 6.07) is 8.27. The number of nitrogens with zero attached hydrogens (tertiary/aromatic N) is 5. The first-order valence-electron chi connectivity index (χ1n) is 16.1. The minimum Gasteiger partial charge on any atom is -0.385 e. The zero-order valence-corrected chi connectivity index (χ0v) is 24.9. The number of carbonyl (C=O) groups excluding carboxylic acids is 2. The van der Waals surface area contributed by atoms with Crippen molar-refractivity contribution in [2.24, 2.45) is 5.92 Å². The molecule has 3 aromatic rings. The van der Waals surface area contributed by atoms with E-state index in [1.165, 1.54) is 17.3 Å². The van der Waals surface area contributed by atoms with Gasteiger partial charge in [0.1, 0.15) is 5.82 Å². The highest BCUT2D eigenvalue weighted by Crippen LogP contribution is 2.47. The lowest BCUT2D eigenvalue weighted by molar-refractivity contribution is -0.137. The van der Waals surface area contributed by atoms with Crippen molar-refractivity contribution in [3.63, 3.8) is 0 Å². The number of hydrogen-bond donors (Lipinski definition) is 3. The molecule has 5 aliphatic rings. The Balaban J connectivity index is 0.907. The van der Waals surface area contributed by atoms with E-state index >= 15 is 0 Å². The predicted octanol–water partition coefficient (Wildman–Crippen LogP) is 3.56. The number of fused-ring (bicyclic) bond motifs is 1. The molecule has 10 nitrogen and oxygen atoms in total. The Morgan fingerprint density at radius 3 is 2.64 bits per heavy atom. The monoisotopic (exact) mass is 598 g/mol. The van der Waals surface area contributed by atoms with Gasteiger partial charge in [0.05, 0.1) is 35.4 Å². The van der Waals surface area contributed by atoms with Crippen LogP contribution in [0.15, 0.2) is 36.7 Å². The number of carbonyl (C=O) groups is 2. The normalized spacial score (nSPS) is 25.5. The minimum atomic E-state index is -0.299. The van der Waals surface area contributed by atoms with E-state index in [-0.39, 0.29) is 23.7 Å². The van der Waals surface area contributed by atoms with E-state index in [4.69, 9.17) is 5.10 Å². The molecule has 2 aliphatic carbocycles. The summed E-state index contributed by atoms with van der Waals surface area (Å²) < 4.78 is 16.5. The van der Waals surface area contributed by atoms with Crippen molar-refractivity contribution in [3.05, 3.63) is 59.3 Å². The third-order valence-electron chi connectivity index (χ3n) is 10.1. The fourth-order valence-electron chi connectivity index (χ4n) is 7.34. The van der Waals surface area contributed by atoms with Gasteiger partial charge in [0.25, 0.3) is 0 Å². The van der Waals surface area contributed by atoms with Gasteiger partial charge in [-0.15, -0.1) is 0 Å². The van der Waals surface area contributed by atoms with Crippen LogP contribution in [0.25, 0.3) is 11.3 Å². The molecule has 1 unspecified atom stereocenters. The molecule has 3 N–H and O–H groups in total. The number of rotatable bonds is 8. The average molecular weight is 599 g/mol. The summed E-state index contributed by atoms with van der Waals surface area (Å²) in [6.45, 7) is 5.82. The lowest BCUT2D eigenvalue weighted by Crippen LogP contribution is -2.50. The molecule has 0 bridgehead atoms. The van der Waals surface area contributed by atoms with E-state index in [1.807, 2.05) is 0 Å².